The summed E-state index contributed by atoms with van der Waals surface area (Å²) in [6, 6.07) is 2.10. The van der Waals surface area contributed by atoms with Gasteiger partial charge < -0.3 is 0 Å². The molecule has 2 aromatic heterocycles. The maximum absolute atomic E-state index is 9.05. The number of nitrogens with zero attached hydrogens (tertiary/aromatic N) is 5. The molecule has 0 aromatic carbocycles. The molecule has 0 radical (unpaired) electrons. The highest BCUT2D eigenvalue weighted by atomic mass is 32.1. The maximum atomic E-state index is 9.05. The van der Waals surface area contributed by atoms with Crippen molar-refractivity contribution in [1.82, 2.24) is 20.0 Å². The highest BCUT2D eigenvalue weighted by Crippen LogP contribution is 2.22. The summed E-state index contributed by atoms with van der Waals surface area (Å²) in [5.74, 6) is 0. The van der Waals surface area contributed by atoms with Crippen molar-refractivity contribution in [3.8, 4) is 11.2 Å². The standard InChI is InChI=1S/C12H15N5S/c1-4-5-6-11-10(7-13)15-16-17(11)12-14-8(2)9(3)18-12/h4-6H2,1-3H3. The molecule has 18 heavy (non-hydrogen) atoms. The maximum Gasteiger partial charge on any atom is 0.212 e. The number of thiazole rings is 1. The summed E-state index contributed by atoms with van der Waals surface area (Å²) < 4.78 is 1.71. The molecule has 0 atom stereocenters. The summed E-state index contributed by atoms with van der Waals surface area (Å²) in [5.41, 5.74) is 2.28. The van der Waals surface area contributed by atoms with E-state index in [4.69, 9.17) is 5.26 Å². The average molecular weight is 261 g/mol. The zero-order valence-electron chi connectivity index (χ0n) is 10.8. The zero-order valence-corrected chi connectivity index (χ0v) is 11.6. The van der Waals surface area contributed by atoms with Gasteiger partial charge in [-0.05, 0) is 26.7 Å². The fraction of sp³-hybridized carbons (Fsp3) is 0.500. The zero-order chi connectivity index (χ0) is 13.1. The molecule has 0 aliphatic carbocycles. The Morgan fingerprint density at radius 1 is 1.39 bits per heavy atom. The number of aryl methyl sites for hydroxylation is 2. The largest absolute Gasteiger partial charge is 0.223 e. The molecular weight excluding hydrogens is 246 g/mol. The minimum absolute atomic E-state index is 0.411. The lowest BCUT2D eigenvalue weighted by Gasteiger charge is -2.01. The Morgan fingerprint density at radius 3 is 2.72 bits per heavy atom. The lowest BCUT2D eigenvalue weighted by atomic mass is 10.2. The van der Waals surface area contributed by atoms with Crippen LogP contribution in [0.2, 0.25) is 0 Å². The van der Waals surface area contributed by atoms with E-state index in [0.717, 1.165) is 35.8 Å². The van der Waals surface area contributed by atoms with Gasteiger partial charge in [-0.15, -0.1) is 5.10 Å². The van der Waals surface area contributed by atoms with Crippen molar-refractivity contribution in [1.29, 1.82) is 5.26 Å². The van der Waals surface area contributed by atoms with Gasteiger partial charge in [0.25, 0.3) is 0 Å². The minimum atomic E-state index is 0.411. The Balaban J connectivity index is 2.44. The van der Waals surface area contributed by atoms with Gasteiger partial charge in [0.15, 0.2) is 5.69 Å². The third kappa shape index (κ3) is 2.27. The molecule has 0 fully saturated rings. The predicted octanol–water partition coefficient (Wildman–Crippen LogP) is 2.55. The molecule has 0 saturated carbocycles. The van der Waals surface area contributed by atoms with Gasteiger partial charge in [-0.3, -0.25) is 0 Å². The quantitative estimate of drug-likeness (QED) is 0.848. The molecule has 0 spiro atoms. The summed E-state index contributed by atoms with van der Waals surface area (Å²) in [4.78, 5) is 5.63. The molecule has 94 valence electrons. The highest BCUT2D eigenvalue weighted by molar-refractivity contribution is 7.14. The molecule has 2 heterocycles. The third-order valence-corrected chi connectivity index (χ3v) is 3.88. The van der Waals surface area contributed by atoms with E-state index in [1.165, 1.54) is 4.88 Å². The van der Waals surface area contributed by atoms with Crippen molar-refractivity contribution in [2.24, 2.45) is 0 Å². The Labute approximate surface area is 110 Å². The third-order valence-electron chi connectivity index (χ3n) is 2.83. The van der Waals surface area contributed by atoms with E-state index in [-0.39, 0.29) is 0 Å². The fourth-order valence-electron chi connectivity index (χ4n) is 1.66. The van der Waals surface area contributed by atoms with Gasteiger partial charge >= 0.3 is 0 Å². The summed E-state index contributed by atoms with van der Waals surface area (Å²) in [7, 11) is 0. The number of hydrogen-bond donors (Lipinski definition) is 0. The van der Waals surface area contributed by atoms with Crippen molar-refractivity contribution < 1.29 is 0 Å². The fourth-order valence-corrected chi connectivity index (χ4v) is 2.54. The summed E-state index contributed by atoms with van der Waals surface area (Å²) in [6.07, 6.45) is 2.90. The first kappa shape index (κ1) is 12.7. The second-order valence-corrected chi connectivity index (χ2v) is 5.33. The van der Waals surface area contributed by atoms with Gasteiger partial charge in [-0.2, -0.15) is 9.94 Å². The number of hydrogen-bond acceptors (Lipinski definition) is 5. The molecule has 0 N–H and O–H groups in total. The van der Waals surface area contributed by atoms with Crippen LogP contribution in [0.15, 0.2) is 0 Å². The second-order valence-electron chi connectivity index (χ2n) is 4.15. The molecule has 6 heteroatoms. The van der Waals surface area contributed by atoms with E-state index in [1.54, 1.807) is 16.0 Å². The van der Waals surface area contributed by atoms with Crippen molar-refractivity contribution in [3.05, 3.63) is 22.0 Å². The molecule has 0 amide bonds. The SMILES string of the molecule is CCCCc1c(C#N)nnn1-c1nc(C)c(C)s1. The Kier molecular flexibility index (Phi) is 3.72. The summed E-state index contributed by atoms with van der Waals surface area (Å²) in [5, 5.41) is 17.8. The van der Waals surface area contributed by atoms with Crippen molar-refractivity contribution in [3.63, 3.8) is 0 Å². The van der Waals surface area contributed by atoms with E-state index >= 15 is 0 Å². The highest BCUT2D eigenvalue weighted by Gasteiger charge is 2.16. The summed E-state index contributed by atoms with van der Waals surface area (Å²) in [6.45, 7) is 6.13. The first-order valence-corrected chi connectivity index (χ1v) is 6.78. The number of unbranched alkanes of at least 4 members (excludes halogenated alkanes) is 1. The number of nitriles is 1. The van der Waals surface area contributed by atoms with Crippen LogP contribution in [0.4, 0.5) is 0 Å². The first-order chi connectivity index (χ1) is 8.67. The monoisotopic (exact) mass is 261 g/mol. The molecule has 2 aromatic rings. The molecule has 5 nitrogen and oxygen atoms in total. The van der Waals surface area contributed by atoms with Crippen molar-refractivity contribution in [2.75, 3.05) is 0 Å². The Bertz CT molecular complexity index is 571. The molecule has 0 aliphatic heterocycles. The normalized spacial score (nSPS) is 10.6. The van der Waals surface area contributed by atoms with E-state index < -0.39 is 0 Å². The van der Waals surface area contributed by atoms with Gasteiger partial charge in [-0.1, -0.05) is 29.9 Å². The molecule has 0 saturated heterocycles. The summed E-state index contributed by atoms with van der Waals surface area (Å²) >= 11 is 1.58. The van der Waals surface area contributed by atoms with Crippen LogP contribution in [0.1, 0.15) is 41.7 Å². The number of rotatable bonds is 4. The van der Waals surface area contributed by atoms with Gasteiger partial charge in [0.05, 0.1) is 11.4 Å². The van der Waals surface area contributed by atoms with Crippen LogP contribution in [0, 0.1) is 25.2 Å². The van der Waals surface area contributed by atoms with Crippen LogP contribution < -0.4 is 0 Å². The predicted molar refractivity (Wildman–Crippen MR) is 69.8 cm³/mol. The second kappa shape index (κ2) is 5.27. The van der Waals surface area contributed by atoms with E-state index in [1.807, 2.05) is 13.8 Å². The minimum Gasteiger partial charge on any atom is -0.223 e. The van der Waals surface area contributed by atoms with Crippen LogP contribution in [-0.2, 0) is 6.42 Å². The van der Waals surface area contributed by atoms with Crippen molar-refractivity contribution >= 4 is 11.3 Å². The average Bonchev–Trinajstić information content (AvgIpc) is 2.90. The van der Waals surface area contributed by atoms with Crippen LogP contribution in [0.25, 0.3) is 5.13 Å². The van der Waals surface area contributed by atoms with E-state index in [0.29, 0.717) is 5.69 Å². The lowest BCUT2D eigenvalue weighted by Crippen LogP contribution is -2.03. The van der Waals surface area contributed by atoms with Crippen LogP contribution in [0.5, 0.6) is 0 Å². The van der Waals surface area contributed by atoms with Gasteiger partial charge in [-0.25, -0.2) is 4.98 Å². The van der Waals surface area contributed by atoms with E-state index in [2.05, 4.69) is 28.3 Å². The van der Waals surface area contributed by atoms with Gasteiger partial charge in [0, 0.05) is 4.88 Å². The van der Waals surface area contributed by atoms with Crippen molar-refractivity contribution in [2.45, 2.75) is 40.0 Å². The van der Waals surface area contributed by atoms with Crippen LogP contribution >= 0.6 is 11.3 Å². The molecule has 0 bridgehead atoms. The first-order valence-electron chi connectivity index (χ1n) is 5.96. The lowest BCUT2D eigenvalue weighted by molar-refractivity contribution is 0.711. The topological polar surface area (TPSA) is 67.4 Å². The molecular formula is C12H15N5S. The molecule has 0 aliphatic rings. The van der Waals surface area contributed by atoms with E-state index in [9.17, 15) is 0 Å². The smallest absolute Gasteiger partial charge is 0.212 e. The molecule has 0 unspecified atom stereocenters. The van der Waals surface area contributed by atoms with Gasteiger partial charge in [0.1, 0.15) is 6.07 Å². The molecule has 2 rings (SSSR count). The Morgan fingerprint density at radius 2 is 2.17 bits per heavy atom. The van der Waals surface area contributed by atoms with Gasteiger partial charge in [0.2, 0.25) is 5.13 Å². The Hall–Kier alpha value is -1.74. The van der Waals surface area contributed by atoms with Crippen LogP contribution in [-0.4, -0.2) is 20.0 Å². The van der Waals surface area contributed by atoms with Crippen LogP contribution in [0.3, 0.4) is 0 Å². The number of aromatic nitrogens is 4.